The van der Waals surface area contributed by atoms with Crippen molar-refractivity contribution in [2.24, 2.45) is 0 Å². The van der Waals surface area contributed by atoms with Gasteiger partial charge in [0, 0.05) is 24.3 Å². The number of halogens is 1. The minimum absolute atomic E-state index is 0.157. The molecule has 1 heterocycles. The van der Waals surface area contributed by atoms with Gasteiger partial charge >= 0.3 is 10.2 Å². The van der Waals surface area contributed by atoms with Gasteiger partial charge in [0.25, 0.3) is 0 Å². The van der Waals surface area contributed by atoms with Gasteiger partial charge in [0.05, 0.1) is 0 Å². The van der Waals surface area contributed by atoms with Crippen LogP contribution in [0.15, 0.2) is 34.8 Å². The SMILES string of the molecule is Cc1ccc(Nc2ccc(NS(=O)(=O)N(C)C)nn2)cc1Br. The van der Waals surface area contributed by atoms with Crippen LogP contribution in [-0.4, -0.2) is 37.0 Å². The van der Waals surface area contributed by atoms with Gasteiger partial charge in [-0.25, -0.2) is 0 Å². The Morgan fingerprint density at radius 3 is 2.27 bits per heavy atom. The van der Waals surface area contributed by atoms with E-state index in [1.807, 2.05) is 25.1 Å². The number of benzene rings is 1. The predicted octanol–water partition coefficient (Wildman–Crippen LogP) is 2.51. The number of rotatable bonds is 5. The molecule has 9 heteroatoms. The van der Waals surface area contributed by atoms with Crippen molar-refractivity contribution in [1.82, 2.24) is 14.5 Å². The van der Waals surface area contributed by atoms with Crippen molar-refractivity contribution in [1.29, 1.82) is 0 Å². The van der Waals surface area contributed by atoms with E-state index in [9.17, 15) is 8.42 Å². The van der Waals surface area contributed by atoms with Crippen molar-refractivity contribution < 1.29 is 8.42 Å². The molecule has 0 amide bonds. The first-order valence-electron chi connectivity index (χ1n) is 6.35. The molecule has 118 valence electrons. The molecular weight excluding hydrogens is 370 g/mol. The molecule has 0 atom stereocenters. The highest BCUT2D eigenvalue weighted by Gasteiger charge is 2.13. The third kappa shape index (κ3) is 4.15. The van der Waals surface area contributed by atoms with E-state index in [1.165, 1.54) is 14.1 Å². The quantitative estimate of drug-likeness (QED) is 0.825. The standard InChI is InChI=1S/C13H16BrN5O2S/c1-9-4-5-10(8-11(9)14)15-12-6-7-13(17-16-12)18-22(20,21)19(2)3/h4-8H,1-3H3,(H,15,16)(H,17,18). The molecule has 2 aromatic rings. The van der Waals surface area contributed by atoms with Crippen molar-refractivity contribution in [2.45, 2.75) is 6.92 Å². The summed E-state index contributed by atoms with van der Waals surface area (Å²) < 4.78 is 27.7. The van der Waals surface area contributed by atoms with E-state index in [1.54, 1.807) is 12.1 Å². The predicted molar refractivity (Wildman–Crippen MR) is 90.4 cm³/mol. The molecule has 0 aliphatic heterocycles. The van der Waals surface area contributed by atoms with Crippen molar-refractivity contribution in [3.8, 4) is 0 Å². The zero-order valence-electron chi connectivity index (χ0n) is 12.3. The number of nitrogens with one attached hydrogen (secondary N) is 2. The van der Waals surface area contributed by atoms with Gasteiger partial charge in [-0.2, -0.15) is 12.7 Å². The third-order valence-electron chi connectivity index (χ3n) is 2.82. The number of nitrogens with zero attached hydrogens (tertiary/aromatic N) is 3. The molecule has 0 saturated heterocycles. The minimum atomic E-state index is -3.58. The first-order chi connectivity index (χ1) is 10.3. The lowest BCUT2D eigenvalue weighted by atomic mass is 10.2. The molecule has 1 aromatic carbocycles. The Bertz CT molecular complexity index is 762. The van der Waals surface area contributed by atoms with Gasteiger partial charge in [-0.1, -0.05) is 22.0 Å². The van der Waals surface area contributed by atoms with Gasteiger partial charge in [0.2, 0.25) is 0 Å². The molecule has 0 bridgehead atoms. The molecule has 22 heavy (non-hydrogen) atoms. The summed E-state index contributed by atoms with van der Waals surface area (Å²) >= 11 is 3.46. The number of aromatic nitrogens is 2. The van der Waals surface area contributed by atoms with E-state index in [0.717, 1.165) is 20.0 Å². The Labute approximate surface area is 138 Å². The third-order valence-corrected chi connectivity index (χ3v) is 5.11. The molecule has 7 nitrogen and oxygen atoms in total. The smallest absolute Gasteiger partial charge is 0.302 e. The highest BCUT2D eigenvalue weighted by atomic mass is 79.9. The van der Waals surface area contributed by atoms with Crippen LogP contribution >= 0.6 is 15.9 Å². The average Bonchev–Trinajstić information content (AvgIpc) is 2.44. The lowest BCUT2D eigenvalue weighted by Gasteiger charge is -2.12. The maximum atomic E-state index is 11.7. The zero-order valence-corrected chi connectivity index (χ0v) is 14.7. The van der Waals surface area contributed by atoms with Crippen molar-refractivity contribution in [2.75, 3.05) is 24.1 Å². The lowest BCUT2D eigenvalue weighted by Crippen LogP contribution is -2.29. The first-order valence-corrected chi connectivity index (χ1v) is 8.58. The Morgan fingerprint density at radius 1 is 1.09 bits per heavy atom. The van der Waals surface area contributed by atoms with Crippen LogP contribution < -0.4 is 10.0 Å². The zero-order chi connectivity index (χ0) is 16.3. The minimum Gasteiger partial charge on any atom is -0.339 e. The lowest BCUT2D eigenvalue weighted by molar-refractivity contribution is 0.526. The van der Waals surface area contributed by atoms with Gasteiger partial charge in [-0.05, 0) is 36.8 Å². The second-order valence-electron chi connectivity index (χ2n) is 4.78. The van der Waals surface area contributed by atoms with Crippen LogP contribution in [0.1, 0.15) is 5.56 Å². The summed E-state index contributed by atoms with van der Waals surface area (Å²) in [5, 5.41) is 10.9. The Morgan fingerprint density at radius 2 is 1.73 bits per heavy atom. The maximum absolute atomic E-state index is 11.7. The molecule has 2 N–H and O–H groups in total. The molecule has 0 aliphatic carbocycles. The molecule has 0 unspecified atom stereocenters. The number of anilines is 3. The fourth-order valence-electron chi connectivity index (χ4n) is 1.50. The fraction of sp³-hybridized carbons (Fsp3) is 0.231. The number of hydrogen-bond donors (Lipinski definition) is 2. The van der Waals surface area contributed by atoms with Crippen molar-refractivity contribution in [3.05, 3.63) is 40.4 Å². The largest absolute Gasteiger partial charge is 0.339 e. The van der Waals surface area contributed by atoms with Gasteiger partial charge in [0.1, 0.15) is 0 Å². The van der Waals surface area contributed by atoms with Gasteiger partial charge in [-0.15, -0.1) is 10.2 Å². The Kier molecular flexibility index (Phi) is 4.99. The second kappa shape index (κ2) is 6.59. The van der Waals surface area contributed by atoms with Crippen LogP contribution in [0, 0.1) is 6.92 Å². The van der Waals surface area contributed by atoms with Gasteiger partial charge in [0.15, 0.2) is 11.6 Å². The van der Waals surface area contributed by atoms with Crippen molar-refractivity contribution >= 4 is 43.5 Å². The van der Waals surface area contributed by atoms with E-state index >= 15 is 0 Å². The summed E-state index contributed by atoms with van der Waals surface area (Å²) in [5.74, 6) is 0.674. The summed E-state index contributed by atoms with van der Waals surface area (Å²) in [6.45, 7) is 2.00. The highest BCUT2D eigenvalue weighted by molar-refractivity contribution is 9.10. The topological polar surface area (TPSA) is 87.2 Å². The molecule has 0 saturated carbocycles. The average molecular weight is 386 g/mol. The van der Waals surface area contributed by atoms with Crippen LogP contribution in [0.5, 0.6) is 0 Å². The summed E-state index contributed by atoms with van der Waals surface area (Å²) in [7, 11) is -0.716. The molecular formula is C13H16BrN5O2S. The maximum Gasteiger partial charge on any atom is 0.302 e. The molecule has 2 rings (SSSR count). The molecule has 0 radical (unpaired) electrons. The normalized spacial score (nSPS) is 11.5. The first kappa shape index (κ1) is 16.7. The van der Waals surface area contributed by atoms with Crippen LogP contribution in [0.25, 0.3) is 0 Å². The van der Waals surface area contributed by atoms with E-state index in [2.05, 4.69) is 36.2 Å². The highest BCUT2D eigenvalue weighted by Crippen LogP contribution is 2.23. The van der Waals surface area contributed by atoms with Crippen LogP contribution in [0.3, 0.4) is 0 Å². The number of hydrogen-bond acceptors (Lipinski definition) is 5. The van der Waals surface area contributed by atoms with E-state index in [4.69, 9.17) is 0 Å². The molecule has 0 spiro atoms. The summed E-state index contributed by atoms with van der Waals surface area (Å²) in [5.41, 5.74) is 1.98. The monoisotopic (exact) mass is 385 g/mol. The van der Waals surface area contributed by atoms with Gasteiger partial charge in [-0.3, -0.25) is 4.72 Å². The van der Waals surface area contributed by atoms with Crippen molar-refractivity contribution in [3.63, 3.8) is 0 Å². The second-order valence-corrected chi connectivity index (χ2v) is 7.52. The van der Waals surface area contributed by atoms with E-state index < -0.39 is 10.2 Å². The molecule has 0 aliphatic rings. The summed E-state index contributed by atoms with van der Waals surface area (Å²) in [6.07, 6.45) is 0. The van der Waals surface area contributed by atoms with E-state index in [-0.39, 0.29) is 5.82 Å². The van der Waals surface area contributed by atoms with Gasteiger partial charge < -0.3 is 5.32 Å². The summed E-state index contributed by atoms with van der Waals surface area (Å²) in [6, 6.07) is 9.01. The Hall–Kier alpha value is -1.71. The Balaban J connectivity index is 2.10. The molecule has 0 fully saturated rings. The van der Waals surface area contributed by atoms with Crippen LogP contribution in [-0.2, 0) is 10.2 Å². The van der Waals surface area contributed by atoms with Crippen LogP contribution in [0.2, 0.25) is 0 Å². The summed E-state index contributed by atoms with van der Waals surface area (Å²) in [4.78, 5) is 0. The molecule has 1 aromatic heterocycles. The van der Waals surface area contributed by atoms with Crippen LogP contribution in [0.4, 0.5) is 17.3 Å². The fourth-order valence-corrected chi connectivity index (χ4v) is 2.43. The number of aryl methyl sites for hydroxylation is 1. The van der Waals surface area contributed by atoms with E-state index in [0.29, 0.717) is 5.82 Å².